The summed E-state index contributed by atoms with van der Waals surface area (Å²) in [6, 6.07) is 6.69. The van der Waals surface area contributed by atoms with Crippen LogP contribution in [0.15, 0.2) is 24.3 Å². The highest BCUT2D eigenvalue weighted by Gasteiger charge is 2.38. The quantitative estimate of drug-likeness (QED) is 0.431. The Morgan fingerprint density at radius 1 is 1.22 bits per heavy atom. The van der Waals surface area contributed by atoms with E-state index in [-0.39, 0.29) is 11.7 Å². The molecule has 0 spiro atoms. The van der Waals surface area contributed by atoms with Crippen LogP contribution in [0, 0.1) is 5.41 Å². The number of benzene rings is 1. The van der Waals surface area contributed by atoms with Crippen molar-refractivity contribution in [3.05, 3.63) is 35.4 Å². The third-order valence-electron chi connectivity index (χ3n) is 3.60. The summed E-state index contributed by atoms with van der Waals surface area (Å²) in [5, 5.41) is 14.5. The molecule has 1 aliphatic rings. The van der Waals surface area contributed by atoms with Gasteiger partial charge in [0.25, 0.3) is 0 Å². The smallest absolute Gasteiger partial charge is 0.475 e. The van der Waals surface area contributed by atoms with Gasteiger partial charge in [0.2, 0.25) is 5.91 Å². The van der Waals surface area contributed by atoms with Crippen molar-refractivity contribution in [2.24, 2.45) is 11.5 Å². The molecule has 11 heteroatoms. The van der Waals surface area contributed by atoms with Crippen LogP contribution in [0.25, 0.3) is 0 Å². The highest BCUT2D eigenvalue weighted by molar-refractivity contribution is 5.94. The van der Waals surface area contributed by atoms with Crippen LogP contribution in [0.4, 0.5) is 13.2 Å². The van der Waals surface area contributed by atoms with Crippen LogP contribution in [-0.4, -0.2) is 66.2 Å². The maximum Gasteiger partial charge on any atom is 0.490 e. The monoisotopic (exact) mass is 390 g/mol. The minimum absolute atomic E-state index is 0.0326. The predicted octanol–water partition coefficient (Wildman–Crippen LogP) is 0.333. The molecule has 1 aromatic carbocycles. The van der Waals surface area contributed by atoms with Gasteiger partial charge in [-0.25, -0.2) is 4.79 Å². The average Bonchev–Trinajstić information content (AvgIpc) is 2.62. The number of nitrogen functional groups attached to an aromatic ring is 1. The molecule has 27 heavy (non-hydrogen) atoms. The van der Waals surface area contributed by atoms with Gasteiger partial charge < -0.3 is 26.2 Å². The summed E-state index contributed by atoms with van der Waals surface area (Å²) in [4.78, 5) is 22.8. The fourth-order valence-corrected chi connectivity index (χ4v) is 2.18. The van der Waals surface area contributed by atoms with Crippen molar-refractivity contribution in [1.82, 2.24) is 4.90 Å². The zero-order valence-corrected chi connectivity index (χ0v) is 14.3. The highest BCUT2D eigenvalue weighted by Crippen LogP contribution is 2.13. The molecule has 1 aliphatic heterocycles. The number of morpholine rings is 1. The van der Waals surface area contributed by atoms with Crippen LogP contribution >= 0.6 is 0 Å². The van der Waals surface area contributed by atoms with Crippen molar-refractivity contribution in [3.63, 3.8) is 0 Å². The van der Waals surface area contributed by atoms with Crippen LogP contribution in [0.1, 0.15) is 11.1 Å². The van der Waals surface area contributed by atoms with E-state index in [2.05, 4.69) is 0 Å². The maximum atomic E-state index is 12.2. The van der Waals surface area contributed by atoms with Crippen molar-refractivity contribution in [3.8, 4) is 0 Å². The van der Waals surface area contributed by atoms with Gasteiger partial charge in [0, 0.05) is 18.7 Å². The Morgan fingerprint density at radius 2 is 1.70 bits per heavy atom. The van der Waals surface area contributed by atoms with Crippen LogP contribution < -0.4 is 11.5 Å². The van der Waals surface area contributed by atoms with E-state index < -0.39 is 18.2 Å². The normalized spacial score (nSPS) is 15.3. The standard InChI is InChI=1S/C14H20N4O2.C2HF3O2/c15-12(14(19)18-5-7-20-8-6-18)9-10-1-3-11(4-2-10)13(16)17;3-2(4,5)1(6)7/h1-4,12H,5-9,15H2,(H3,16,17);(H,6,7)/t12-;/m0./s1. The van der Waals surface area contributed by atoms with E-state index in [0.29, 0.717) is 38.3 Å². The van der Waals surface area contributed by atoms with Crippen molar-refractivity contribution < 1.29 is 32.6 Å². The summed E-state index contributed by atoms with van der Waals surface area (Å²) in [5.41, 5.74) is 13.0. The molecule has 8 nitrogen and oxygen atoms in total. The molecule has 1 saturated heterocycles. The van der Waals surface area contributed by atoms with Gasteiger partial charge in [-0.2, -0.15) is 13.2 Å². The number of halogens is 3. The van der Waals surface area contributed by atoms with Gasteiger partial charge in [0.1, 0.15) is 5.84 Å². The lowest BCUT2D eigenvalue weighted by Gasteiger charge is -2.29. The molecule has 1 heterocycles. The van der Waals surface area contributed by atoms with E-state index in [4.69, 9.17) is 31.5 Å². The molecule has 1 fully saturated rings. The second-order valence-corrected chi connectivity index (χ2v) is 5.66. The molecule has 0 aromatic heterocycles. The number of carbonyl (C=O) groups is 2. The Hall–Kier alpha value is -2.66. The van der Waals surface area contributed by atoms with E-state index in [1.54, 1.807) is 17.0 Å². The summed E-state index contributed by atoms with van der Waals surface area (Å²) in [6.45, 7) is 2.36. The Morgan fingerprint density at radius 3 is 2.11 bits per heavy atom. The van der Waals surface area contributed by atoms with Crippen molar-refractivity contribution >= 4 is 17.7 Å². The van der Waals surface area contributed by atoms with Gasteiger partial charge in [-0.3, -0.25) is 10.2 Å². The number of hydrogen-bond acceptors (Lipinski definition) is 5. The fraction of sp³-hybridized carbons (Fsp3) is 0.438. The topological polar surface area (TPSA) is 143 Å². The third-order valence-corrected chi connectivity index (χ3v) is 3.60. The van der Waals surface area contributed by atoms with Crippen LogP contribution in [-0.2, 0) is 20.7 Å². The SMILES string of the molecule is N=C(N)c1ccc(C[C@H](N)C(=O)N2CCOCC2)cc1.O=C(O)C(F)(F)F. The van der Waals surface area contributed by atoms with Crippen LogP contribution in [0.5, 0.6) is 0 Å². The molecule has 2 rings (SSSR count). The molecular weight excluding hydrogens is 369 g/mol. The van der Waals surface area contributed by atoms with Crippen molar-refractivity contribution in [1.29, 1.82) is 5.41 Å². The number of ether oxygens (including phenoxy) is 1. The lowest BCUT2D eigenvalue weighted by atomic mass is 10.0. The number of carboxylic acid groups (broad SMARTS) is 1. The Bertz CT molecular complexity index is 659. The van der Waals surface area contributed by atoms with Gasteiger partial charge in [-0.15, -0.1) is 0 Å². The minimum Gasteiger partial charge on any atom is -0.475 e. The summed E-state index contributed by atoms with van der Waals surface area (Å²) < 4.78 is 37.0. The van der Waals surface area contributed by atoms with Gasteiger partial charge in [-0.1, -0.05) is 24.3 Å². The summed E-state index contributed by atoms with van der Waals surface area (Å²) >= 11 is 0. The van der Waals surface area contributed by atoms with Gasteiger partial charge in [0.05, 0.1) is 19.3 Å². The Balaban J connectivity index is 0.000000445. The number of hydrogen-bond donors (Lipinski definition) is 4. The number of alkyl halides is 3. The maximum absolute atomic E-state index is 12.2. The van der Waals surface area contributed by atoms with Gasteiger partial charge in [-0.05, 0) is 12.0 Å². The molecule has 150 valence electrons. The first-order chi connectivity index (χ1) is 12.5. The number of nitrogens with one attached hydrogen (secondary N) is 1. The first-order valence-electron chi connectivity index (χ1n) is 7.88. The highest BCUT2D eigenvalue weighted by atomic mass is 19.4. The summed E-state index contributed by atoms with van der Waals surface area (Å²) in [7, 11) is 0. The van der Waals surface area contributed by atoms with E-state index in [1.165, 1.54) is 0 Å². The zero-order valence-electron chi connectivity index (χ0n) is 14.3. The van der Waals surface area contributed by atoms with E-state index in [1.807, 2.05) is 12.1 Å². The van der Waals surface area contributed by atoms with Crippen LogP contribution in [0.2, 0.25) is 0 Å². The number of rotatable bonds is 4. The molecule has 0 radical (unpaired) electrons. The molecular formula is C16H21F3N4O4. The number of nitrogens with zero attached hydrogens (tertiary/aromatic N) is 1. The lowest BCUT2D eigenvalue weighted by Crippen LogP contribution is -2.49. The van der Waals surface area contributed by atoms with Crippen molar-refractivity contribution in [2.45, 2.75) is 18.6 Å². The Labute approximate surface area is 153 Å². The summed E-state index contributed by atoms with van der Waals surface area (Å²) in [6.07, 6.45) is -4.60. The van der Waals surface area contributed by atoms with Gasteiger partial charge >= 0.3 is 12.1 Å². The Kier molecular flexibility index (Phi) is 8.19. The van der Waals surface area contributed by atoms with Crippen LogP contribution in [0.3, 0.4) is 0 Å². The largest absolute Gasteiger partial charge is 0.490 e. The van der Waals surface area contributed by atoms with E-state index >= 15 is 0 Å². The second kappa shape index (κ2) is 9.88. The predicted molar refractivity (Wildman–Crippen MR) is 90.2 cm³/mol. The molecule has 1 amide bonds. The number of amidine groups is 1. The minimum atomic E-state index is -5.08. The first kappa shape index (κ1) is 22.4. The average molecular weight is 390 g/mol. The number of nitrogens with two attached hydrogens (primary N) is 2. The first-order valence-corrected chi connectivity index (χ1v) is 7.88. The lowest BCUT2D eigenvalue weighted by molar-refractivity contribution is -0.192. The molecule has 0 aliphatic carbocycles. The van der Waals surface area contributed by atoms with E-state index in [0.717, 1.165) is 5.56 Å². The molecule has 0 unspecified atom stereocenters. The molecule has 1 atom stereocenters. The van der Waals surface area contributed by atoms with E-state index in [9.17, 15) is 18.0 Å². The third kappa shape index (κ3) is 7.62. The number of aliphatic carboxylic acids is 1. The zero-order chi connectivity index (χ0) is 20.6. The second-order valence-electron chi connectivity index (χ2n) is 5.66. The number of carbonyl (C=O) groups excluding carboxylic acids is 1. The summed E-state index contributed by atoms with van der Waals surface area (Å²) in [5.74, 6) is -2.76. The molecule has 6 N–H and O–H groups in total. The fourth-order valence-electron chi connectivity index (χ4n) is 2.18. The molecule has 0 bridgehead atoms. The van der Waals surface area contributed by atoms with Gasteiger partial charge in [0.15, 0.2) is 0 Å². The van der Waals surface area contributed by atoms with Crippen molar-refractivity contribution in [2.75, 3.05) is 26.3 Å². The number of amides is 1. The number of carboxylic acids is 1. The molecule has 1 aromatic rings. The molecule has 0 saturated carbocycles.